The summed E-state index contributed by atoms with van der Waals surface area (Å²) in [6.45, 7) is 6.79. The number of hydrogen-bond donors (Lipinski definition) is 1. The molecule has 0 saturated carbocycles. The molecule has 1 aromatic rings. The van der Waals surface area contributed by atoms with Gasteiger partial charge in [-0.15, -0.1) is 0 Å². The van der Waals surface area contributed by atoms with Gasteiger partial charge in [0.15, 0.2) is 11.6 Å². The van der Waals surface area contributed by atoms with E-state index in [0.29, 0.717) is 18.9 Å². The second-order valence-corrected chi connectivity index (χ2v) is 3.65. The van der Waals surface area contributed by atoms with Crippen molar-refractivity contribution in [2.24, 2.45) is 0 Å². The Kier molecular flexibility index (Phi) is 4.99. The number of halogens is 1. The Balaban J connectivity index is 2.79. The van der Waals surface area contributed by atoms with Gasteiger partial charge in [0.05, 0.1) is 0 Å². The van der Waals surface area contributed by atoms with Gasteiger partial charge < -0.3 is 10.1 Å². The highest BCUT2D eigenvalue weighted by atomic mass is 19.1. The summed E-state index contributed by atoms with van der Waals surface area (Å²) in [5.74, 6) is 0.00287. The van der Waals surface area contributed by atoms with Crippen molar-refractivity contribution in [2.45, 2.75) is 19.9 Å². The molecule has 1 rings (SSSR count). The predicted molar refractivity (Wildman–Crippen MR) is 64.1 cm³/mol. The van der Waals surface area contributed by atoms with Crippen molar-refractivity contribution in [3.05, 3.63) is 41.7 Å². The van der Waals surface area contributed by atoms with E-state index in [1.807, 2.05) is 20.0 Å². The molecular formula is C13H18FNO. The van der Waals surface area contributed by atoms with Crippen LogP contribution in [0.1, 0.15) is 18.9 Å². The van der Waals surface area contributed by atoms with Gasteiger partial charge in [-0.05, 0) is 25.1 Å². The highest BCUT2D eigenvalue weighted by molar-refractivity contribution is 5.35. The molecule has 3 heteroatoms. The summed E-state index contributed by atoms with van der Waals surface area (Å²) in [6.07, 6.45) is 0.843. The number of nitrogens with one attached hydrogen (secondary N) is 1. The van der Waals surface area contributed by atoms with Crippen molar-refractivity contribution >= 4 is 0 Å². The zero-order valence-electron chi connectivity index (χ0n) is 9.85. The number of rotatable bonds is 6. The van der Waals surface area contributed by atoms with Crippen LogP contribution < -0.4 is 10.1 Å². The van der Waals surface area contributed by atoms with Crippen LogP contribution in [0, 0.1) is 5.82 Å². The highest BCUT2D eigenvalue weighted by Crippen LogP contribution is 2.23. The predicted octanol–water partition coefficient (Wildman–Crippen LogP) is 2.89. The third-order valence-electron chi connectivity index (χ3n) is 2.34. The molecule has 0 atom stereocenters. The van der Waals surface area contributed by atoms with E-state index in [4.69, 9.17) is 4.74 Å². The largest absolute Gasteiger partial charge is 0.486 e. The van der Waals surface area contributed by atoms with Gasteiger partial charge in [0.25, 0.3) is 0 Å². The normalized spacial score (nSPS) is 10.2. The number of ether oxygens (including phenoxy) is 1. The molecule has 0 aliphatic heterocycles. The third-order valence-corrected chi connectivity index (χ3v) is 2.34. The second kappa shape index (κ2) is 6.28. The standard InChI is InChI=1S/C13H18FNO/c1-4-10(2)9-16-13-11(8-15-3)6-5-7-12(13)14/h5-7,15H,2,4,8-9H2,1,3H3. The summed E-state index contributed by atoms with van der Waals surface area (Å²) < 4.78 is 19.0. The number of hydrogen-bond acceptors (Lipinski definition) is 2. The molecule has 0 heterocycles. The fourth-order valence-corrected chi connectivity index (χ4v) is 1.32. The summed E-state index contributed by atoms with van der Waals surface area (Å²) in [4.78, 5) is 0. The SMILES string of the molecule is C=C(CC)COc1c(F)cccc1CNC. The molecule has 0 bridgehead atoms. The van der Waals surface area contributed by atoms with Crippen molar-refractivity contribution in [1.82, 2.24) is 5.32 Å². The Labute approximate surface area is 96.1 Å². The average molecular weight is 223 g/mol. The lowest BCUT2D eigenvalue weighted by Crippen LogP contribution is -2.09. The summed E-state index contributed by atoms with van der Waals surface area (Å²) in [6, 6.07) is 4.94. The fourth-order valence-electron chi connectivity index (χ4n) is 1.32. The van der Waals surface area contributed by atoms with E-state index < -0.39 is 0 Å². The zero-order valence-corrected chi connectivity index (χ0v) is 9.85. The molecule has 0 fully saturated rings. The molecule has 0 aromatic heterocycles. The maximum Gasteiger partial charge on any atom is 0.165 e. The molecule has 0 aliphatic rings. The van der Waals surface area contributed by atoms with Crippen LogP contribution in [0.25, 0.3) is 0 Å². The van der Waals surface area contributed by atoms with Crippen LogP contribution in [-0.2, 0) is 6.54 Å². The Bertz CT molecular complexity index is 363. The Hall–Kier alpha value is -1.35. The maximum atomic E-state index is 13.5. The van der Waals surface area contributed by atoms with Crippen molar-refractivity contribution < 1.29 is 9.13 Å². The van der Waals surface area contributed by atoms with Crippen LogP contribution in [0.2, 0.25) is 0 Å². The molecule has 16 heavy (non-hydrogen) atoms. The van der Waals surface area contributed by atoms with Crippen LogP contribution in [0.4, 0.5) is 4.39 Å². The van der Waals surface area contributed by atoms with E-state index in [2.05, 4.69) is 11.9 Å². The van der Waals surface area contributed by atoms with Crippen molar-refractivity contribution in [2.75, 3.05) is 13.7 Å². The molecule has 88 valence electrons. The lowest BCUT2D eigenvalue weighted by molar-refractivity contribution is 0.325. The van der Waals surface area contributed by atoms with Gasteiger partial charge in [0, 0.05) is 12.1 Å². The van der Waals surface area contributed by atoms with Gasteiger partial charge >= 0.3 is 0 Å². The van der Waals surface area contributed by atoms with Crippen molar-refractivity contribution in [3.8, 4) is 5.75 Å². The molecule has 0 radical (unpaired) electrons. The number of benzene rings is 1. The maximum absolute atomic E-state index is 13.5. The molecular weight excluding hydrogens is 205 g/mol. The van der Waals surface area contributed by atoms with E-state index in [0.717, 1.165) is 17.6 Å². The Morgan fingerprint density at radius 1 is 1.50 bits per heavy atom. The first-order chi connectivity index (χ1) is 7.69. The lowest BCUT2D eigenvalue weighted by atomic mass is 10.2. The van der Waals surface area contributed by atoms with Crippen LogP contribution in [0.5, 0.6) is 5.75 Å². The molecule has 0 saturated heterocycles. The summed E-state index contributed by atoms with van der Waals surface area (Å²) >= 11 is 0. The minimum absolute atomic E-state index is 0.323. The first-order valence-corrected chi connectivity index (χ1v) is 5.40. The van der Waals surface area contributed by atoms with Gasteiger partial charge in [-0.3, -0.25) is 0 Å². The van der Waals surface area contributed by atoms with Gasteiger partial charge in [0.2, 0.25) is 0 Å². The third kappa shape index (κ3) is 3.35. The fraction of sp³-hybridized carbons (Fsp3) is 0.385. The van der Waals surface area contributed by atoms with Crippen LogP contribution >= 0.6 is 0 Å². The molecule has 0 amide bonds. The molecule has 0 spiro atoms. The molecule has 0 unspecified atom stereocenters. The van der Waals surface area contributed by atoms with Gasteiger partial charge in [-0.1, -0.05) is 25.6 Å². The van der Waals surface area contributed by atoms with Crippen LogP contribution in [0.15, 0.2) is 30.4 Å². The topological polar surface area (TPSA) is 21.3 Å². The van der Waals surface area contributed by atoms with Gasteiger partial charge in [-0.2, -0.15) is 0 Å². The molecule has 0 aliphatic carbocycles. The summed E-state index contributed by atoms with van der Waals surface area (Å²) in [7, 11) is 1.82. The Morgan fingerprint density at radius 2 is 2.25 bits per heavy atom. The van der Waals surface area contributed by atoms with E-state index in [1.54, 1.807) is 6.07 Å². The minimum atomic E-state index is -0.323. The smallest absolute Gasteiger partial charge is 0.165 e. The monoisotopic (exact) mass is 223 g/mol. The van der Waals surface area contributed by atoms with Crippen LogP contribution in [-0.4, -0.2) is 13.7 Å². The van der Waals surface area contributed by atoms with E-state index in [1.165, 1.54) is 6.07 Å². The summed E-state index contributed by atoms with van der Waals surface area (Å²) in [5, 5.41) is 2.98. The highest BCUT2D eigenvalue weighted by Gasteiger charge is 2.09. The van der Waals surface area contributed by atoms with Gasteiger partial charge in [-0.25, -0.2) is 4.39 Å². The van der Waals surface area contributed by atoms with Crippen molar-refractivity contribution in [1.29, 1.82) is 0 Å². The van der Waals surface area contributed by atoms with E-state index in [-0.39, 0.29) is 5.82 Å². The molecule has 1 N–H and O–H groups in total. The molecule has 2 nitrogen and oxygen atoms in total. The number of para-hydroxylation sites is 1. The minimum Gasteiger partial charge on any atom is -0.486 e. The van der Waals surface area contributed by atoms with Gasteiger partial charge in [0.1, 0.15) is 6.61 Å². The Morgan fingerprint density at radius 3 is 2.88 bits per heavy atom. The lowest BCUT2D eigenvalue weighted by Gasteiger charge is -2.12. The van der Waals surface area contributed by atoms with Crippen molar-refractivity contribution in [3.63, 3.8) is 0 Å². The average Bonchev–Trinajstić information content (AvgIpc) is 2.28. The molecule has 1 aromatic carbocycles. The summed E-state index contributed by atoms with van der Waals surface area (Å²) in [5.41, 5.74) is 1.78. The zero-order chi connectivity index (χ0) is 12.0. The van der Waals surface area contributed by atoms with E-state index in [9.17, 15) is 4.39 Å². The second-order valence-electron chi connectivity index (χ2n) is 3.65. The quantitative estimate of drug-likeness (QED) is 0.749. The first kappa shape index (κ1) is 12.7. The first-order valence-electron chi connectivity index (χ1n) is 5.40. The van der Waals surface area contributed by atoms with Crippen LogP contribution in [0.3, 0.4) is 0 Å². The van der Waals surface area contributed by atoms with E-state index >= 15 is 0 Å².